The first-order valence-electron chi connectivity index (χ1n) is 3.85. The number of thioether (sulfide) groups is 1. The number of anilines is 1. The van der Waals surface area contributed by atoms with E-state index in [9.17, 15) is 8.42 Å². The Labute approximate surface area is 87.1 Å². The second-order valence-electron chi connectivity index (χ2n) is 2.76. The lowest BCUT2D eigenvalue weighted by molar-refractivity contribution is 0.603. The molecule has 0 bridgehead atoms. The van der Waals surface area contributed by atoms with E-state index in [1.807, 2.05) is 0 Å². The van der Waals surface area contributed by atoms with Crippen molar-refractivity contribution < 1.29 is 8.42 Å². The first kappa shape index (κ1) is 11.3. The minimum Gasteiger partial charge on any atom is -0.384 e. The van der Waals surface area contributed by atoms with E-state index >= 15 is 0 Å². The van der Waals surface area contributed by atoms with E-state index in [4.69, 9.17) is 5.73 Å². The monoisotopic (exact) mass is 233 g/mol. The highest BCUT2D eigenvalue weighted by Gasteiger charge is 2.03. The lowest BCUT2D eigenvalue weighted by atomic mass is 10.6. The van der Waals surface area contributed by atoms with Crippen LogP contribution in [0, 0.1) is 0 Å². The number of hydrogen-bond acceptors (Lipinski definition) is 6. The zero-order valence-corrected chi connectivity index (χ0v) is 9.31. The van der Waals surface area contributed by atoms with Crippen LogP contribution in [-0.4, -0.2) is 36.1 Å². The average Bonchev–Trinajstić information content (AvgIpc) is 2.01. The van der Waals surface area contributed by atoms with Crippen molar-refractivity contribution in [3.05, 3.63) is 12.4 Å². The van der Waals surface area contributed by atoms with Crippen molar-refractivity contribution in [1.82, 2.24) is 9.97 Å². The van der Waals surface area contributed by atoms with E-state index < -0.39 is 9.84 Å². The lowest BCUT2D eigenvalue weighted by Crippen LogP contribution is -2.05. The standard InChI is InChI=1S/C7H11N3O2S2/c1-14(11,12)3-2-13-7-4-6(8)9-5-10-7/h4-5H,2-3H2,1H3,(H2,8,9,10). The molecule has 0 spiro atoms. The summed E-state index contributed by atoms with van der Waals surface area (Å²) < 4.78 is 21.6. The number of aromatic nitrogens is 2. The minimum atomic E-state index is -2.90. The molecule has 0 aliphatic heterocycles. The van der Waals surface area contributed by atoms with Crippen LogP contribution in [-0.2, 0) is 9.84 Å². The molecule has 1 aromatic heterocycles. The first-order valence-corrected chi connectivity index (χ1v) is 6.90. The van der Waals surface area contributed by atoms with Gasteiger partial charge in [0.25, 0.3) is 0 Å². The fourth-order valence-electron chi connectivity index (χ4n) is 0.730. The summed E-state index contributed by atoms with van der Waals surface area (Å²) >= 11 is 1.35. The Morgan fingerprint density at radius 1 is 1.50 bits per heavy atom. The lowest BCUT2D eigenvalue weighted by Gasteiger charge is -1.99. The van der Waals surface area contributed by atoms with Crippen molar-refractivity contribution in [2.75, 3.05) is 23.5 Å². The molecule has 0 amide bonds. The number of rotatable bonds is 4. The third kappa shape index (κ3) is 4.43. The Hall–Kier alpha value is -0.820. The Kier molecular flexibility index (Phi) is 3.70. The predicted octanol–water partition coefficient (Wildman–Crippen LogP) is 0.195. The third-order valence-corrected chi connectivity index (χ3v) is 3.50. The third-order valence-electron chi connectivity index (χ3n) is 1.37. The van der Waals surface area contributed by atoms with E-state index in [1.54, 1.807) is 6.07 Å². The SMILES string of the molecule is CS(=O)(=O)CCSc1cc(N)ncn1. The van der Waals surface area contributed by atoms with Gasteiger partial charge in [0, 0.05) is 18.1 Å². The van der Waals surface area contributed by atoms with Gasteiger partial charge in [-0.3, -0.25) is 0 Å². The van der Waals surface area contributed by atoms with Crippen molar-refractivity contribution in [1.29, 1.82) is 0 Å². The summed E-state index contributed by atoms with van der Waals surface area (Å²) in [6.45, 7) is 0. The van der Waals surface area contributed by atoms with Crippen LogP contribution in [0.5, 0.6) is 0 Å². The zero-order valence-electron chi connectivity index (χ0n) is 7.67. The second kappa shape index (κ2) is 4.61. The maximum absolute atomic E-state index is 10.8. The van der Waals surface area contributed by atoms with E-state index in [-0.39, 0.29) is 5.75 Å². The molecule has 0 fully saturated rings. The van der Waals surface area contributed by atoms with Crippen molar-refractivity contribution in [2.24, 2.45) is 0 Å². The number of hydrogen-bond donors (Lipinski definition) is 1. The molecule has 14 heavy (non-hydrogen) atoms. The first-order chi connectivity index (χ1) is 6.47. The quantitative estimate of drug-likeness (QED) is 0.590. The molecule has 1 heterocycles. The van der Waals surface area contributed by atoms with Gasteiger partial charge in [0.1, 0.15) is 27.0 Å². The van der Waals surface area contributed by atoms with Crippen LogP contribution in [0.4, 0.5) is 5.82 Å². The van der Waals surface area contributed by atoms with Gasteiger partial charge in [-0.1, -0.05) is 0 Å². The van der Waals surface area contributed by atoms with Gasteiger partial charge in [-0.2, -0.15) is 0 Å². The Bertz CT molecular complexity index is 405. The van der Waals surface area contributed by atoms with E-state index in [1.165, 1.54) is 24.3 Å². The van der Waals surface area contributed by atoms with Crippen LogP contribution in [0.25, 0.3) is 0 Å². The molecule has 0 saturated heterocycles. The number of sulfone groups is 1. The van der Waals surface area contributed by atoms with Gasteiger partial charge in [-0.25, -0.2) is 18.4 Å². The molecule has 78 valence electrons. The summed E-state index contributed by atoms with van der Waals surface area (Å²) in [5, 5.41) is 0.696. The number of nitrogens with zero attached hydrogens (tertiary/aromatic N) is 2. The predicted molar refractivity (Wildman–Crippen MR) is 56.9 cm³/mol. The average molecular weight is 233 g/mol. The molecule has 5 nitrogen and oxygen atoms in total. The molecule has 0 aromatic carbocycles. The van der Waals surface area contributed by atoms with E-state index in [0.717, 1.165) is 0 Å². The molecule has 1 aromatic rings. The Balaban J connectivity index is 2.47. The molecule has 0 aliphatic carbocycles. The van der Waals surface area contributed by atoms with E-state index in [2.05, 4.69) is 9.97 Å². The van der Waals surface area contributed by atoms with Crippen LogP contribution in [0.1, 0.15) is 0 Å². The van der Waals surface area contributed by atoms with Gasteiger partial charge >= 0.3 is 0 Å². The van der Waals surface area contributed by atoms with Gasteiger partial charge in [-0.05, 0) is 0 Å². The second-order valence-corrected chi connectivity index (χ2v) is 6.13. The maximum atomic E-state index is 10.8. The smallest absolute Gasteiger partial charge is 0.148 e. The maximum Gasteiger partial charge on any atom is 0.148 e. The molecule has 0 atom stereocenters. The van der Waals surface area contributed by atoms with Gasteiger partial charge in [-0.15, -0.1) is 11.8 Å². The fourth-order valence-corrected chi connectivity index (χ4v) is 2.81. The highest BCUT2D eigenvalue weighted by atomic mass is 32.2. The van der Waals surface area contributed by atoms with Gasteiger partial charge in [0.05, 0.1) is 5.75 Å². The van der Waals surface area contributed by atoms with Crippen molar-refractivity contribution in [2.45, 2.75) is 5.03 Å². The molecule has 0 saturated carbocycles. The Morgan fingerprint density at radius 2 is 2.21 bits per heavy atom. The molecular formula is C7H11N3O2S2. The summed E-state index contributed by atoms with van der Waals surface area (Å²) in [5.74, 6) is 1.01. The summed E-state index contributed by atoms with van der Waals surface area (Å²) in [6.07, 6.45) is 2.57. The summed E-state index contributed by atoms with van der Waals surface area (Å²) in [5.41, 5.74) is 5.43. The molecule has 0 radical (unpaired) electrons. The number of nitrogen functional groups attached to an aromatic ring is 1. The van der Waals surface area contributed by atoms with Crippen molar-refractivity contribution >= 4 is 27.4 Å². The molecule has 0 unspecified atom stereocenters. The van der Waals surface area contributed by atoms with Gasteiger partial charge < -0.3 is 5.73 Å². The van der Waals surface area contributed by atoms with E-state index in [0.29, 0.717) is 16.6 Å². The van der Waals surface area contributed by atoms with Crippen LogP contribution in [0.2, 0.25) is 0 Å². The van der Waals surface area contributed by atoms with Crippen LogP contribution in [0.3, 0.4) is 0 Å². The van der Waals surface area contributed by atoms with Crippen molar-refractivity contribution in [3.63, 3.8) is 0 Å². The summed E-state index contributed by atoms with van der Waals surface area (Å²) in [6, 6.07) is 1.62. The minimum absolute atomic E-state index is 0.140. The summed E-state index contributed by atoms with van der Waals surface area (Å²) in [7, 11) is -2.90. The molecule has 1 rings (SSSR count). The van der Waals surface area contributed by atoms with Crippen LogP contribution < -0.4 is 5.73 Å². The van der Waals surface area contributed by atoms with Crippen LogP contribution in [0.15, 0.2) is 17.4 Å². The van der Waals surface area contributed by atoms with Crippen LogP contribution >= 0.6 is 11.8 Å². The van der Waals surface area contributed by atoms with Crippen molar-refractivity contribution in [3.8, 4) is 0 Å². The zero-order chi connectivity index (χ0) is 10.6. The molecule has 2 N–H and O–H groups in total. The highest BCUT2D eigenvalue weighted by Crippen LogP contribution is 2.15. The largest absolute Gasteiger partial charge is 0.384 e. The van der Waals surface area contributed by atoms with Gasteiger partial charge in [0.15, 0.2) is 0 Å². The molecular weight excluding hydrogens is 222 g/mol. The van der Waals surface area contributed by atoms with Gasteiger partial charge in [0.2, 0.25) is 0 Å². The molecule has 7 heteroatoms. The molecule has 0 aliphatic rings. The summed E-state index contributed by atoms with van der Waals surface area (Å²) in [4.78, 5) is 7.67. The number of nitrogens with two attached hydrogens (primary N) is 1. The topological polar surface area (TPSA) is 85.9 Å². The normalized spacial score (nSPS) is 11.5. The Morgan fingerprint density at radius 3 is 2.79 bits per heavy atom. The highest BCUT2D eigenvalue weighted by molar-refractivity contribution is 8.00. The fraction of sp³-hybridized carbons (Fsp3) is 0.429.